The summed E-state index contributed by atoms with van der Waals surface area (Å²) in [6.45, 7) is 2.21. The van der Waals surface area contributed by atoms with Gasteiger partial charge in [0, 0.05) is 18.0 Å². The average molecular weight is 234 g/mol. The first-order valence-electron chi connectivity index (χ1n) is 4.43. The van der Waals surface area contributed by atoms with Crippen molar-refractivity contribution in [2.24, 2.45) is 0 Å². The monoisotopic (exact) mass is 233 g/mol. The predicted octanol–water partition coefficient (Wildman–Crippen LogP) is 2.77. The third-order valence-corrected chi connectivity index (χ3v) is 3.07. The molecule has 0 spiro atoms. The van der Waals surface area contributed by atoms with Crippen LogP contribution in [0.3, 0.4) is 0 Å². The lowest BCUT2D eigenvalue weighted by Gasteiger charge is -2.05. The Balaban J connectivity index is 2.28. The standard InChI is InChI=1S/C9H12ClNO2S/c1-2-13-8(12)4-3-7(10)9-11-5-6-14-9/h5-7H,2-4H2,1H3. The Morgan fingerprint density at radius 1 is 1.79 bits per heavy atom. The number of halogens is 1. The van der Waals surface area contributed by atoms with E-state index in [4.69, 9.17) is 16.3 Å². The van der Waals surface area contributed by atoms with Gasteiger partial charge >= 0.3 is 5.97 Å². The van der Waals surface area contributed by atoms with Gasteiger partial charge in [0.25, 0.3) is 0 Å². The molecule has 0 amide bonds. The molecule has 0 fully saturated rings. The molecule has 14 heavy (non-hydrogen) atoms. The number of hydrogen-bond acceptors (Lipinski definition) is 4. The van der Waals surface area contributed by atoms with Crippen LogP contribution in [0.5, 0.6) is 0 Å². The molecule has 78 valence electrons. The van der Waals surface area contributed by atoms with Crippen molar-refractivity contribution in [1.29, 1.82) is 0 Å². The predicted molar refractivity (Wildman–Crippen MR) is 56.6 cm³/mol. The van der Waals surface area contributed by atoms with Crippen LogP contribution in [0.15, 0.2) is 11.6 Å². The SMILES string of the molecule is CCOC(=O)CCC(Cl)c1nccs1. The van der Waals surface area contributed by atoms with E-state index in [1.54, 1.807) is 13.1 Å². The lowest BCUT2D eigenvalue weighted by Crippen LogP contribution is -2.04. The van der Waals surface area contributed by atoms with Crippen LogP contribution < -0.4 is 0 Å². The lowest BCUT2D eigenvalue weighted by atomic mass is 10.2. The summed E-state index contributed by atoms with van der Waals surface area (Å²) >= 11 is 7.53. The third-order valence-electron chi connectivity index (χ3n) is 1.63. The largest absolute Gasteiger partial charge is 0.466 e. The summed E-state index contributed by atoms with van der Waals surface area (Å²) in [5, 5.41) is 2.55. The van der Waals surface area contributed by atoms with E-state index in [0.717, 1.165) is 5.01 Å². The van der Waals surface area contributed by atoms with Gasteiger partial charge in [-0.2, -0.15) is 0 Å². The molecular formula is C9H12ClNO2S. The van der Waals surface area contributed by atoms with Crippen molar-refractivity contribution in [2.45, 2.75) is 25.1 Å². The van der Waals surface area contributed by atoms with Gasteiger partial charge in [0.1, 0.15) is 5.01 Å². The number of rotatable bonds is 5. The number of carbonyl (C=O) groups is 1. The Morgan fingerprint density at radius 3 is 3.14 bits per heavy atom. The number of alkyl halides is 1. The van der Waals surface area contributed by atoms with Crippen LogP contribution in [-0.2, 0) is 9.53 Å². The van der Waals surface area contributed by atoms with E-state index in [1.165, 1.54) is 11.3 Å². The summed E-state index contributed by atoms with van der Waals surface area (Å²) < 4.78 is 4.80. The smallest absolute Gasteiger partial charge is 0.305 e. The summed E-state index contributed by atoms with van der Waals surface area (Å²) in [4.78, 5) is 15.1. The maximum atomic E-state index is 11.0. The molecule has 0 aliphatic rings. The van der Waals surface area contributed by atoms with Crippen molar-refractivity contribution in [1.82, 2.24) is 4.98 Å². The van der Waals surface area contributed by atoms with Crippen molar-refractivity contribution < 1.29 is 9.53 Å². The second kappa shape index (κ2) is 5.98. The second-order valence-electron chi connectivity index (χ2n) is 2.68. The first-order chi connectivity index (χ1) is 6.74. The fourth-order valence-electron chi connectivity index (χ4n) is 0.990. The molecule has 0 aromatic carbocycles. The zero-order valence-electron chi connectivity index (χ0n) is 7.90. The van der Waals surface area contributed by atoms with Crippen molar-refractivity contribution in [3.8, 4) is 0 Å². The molecule has 0 bridgehead atoms. The number of ether oxygens (including phenoxy) is 1. The van der Waals surface area contributed by atoms with E-state index in [-0.39, 0.29) is 11.3 Å². The molecule has 0 aliphatic carbocycles. The van der Waals surface area contributed by atoms with Crippen LogP contribution in [0.25, 0.3) is 0 Å². The molecule has 0 aliphatic heterocycles. The van der Waals surface area contributed by atoms with Crippen LogP contribution in [0.1, 0.15) is 30.2 Å². The highest BCUT2D eigenvalue weighted by atomic mass is 35.5. The molecule has 1 aromatic rings. The number of hydrogen-bond donors (Lipinski definition) is 0. The number of thiazole rings is 1. The van der Waals surface area contributed by atoms with Crippen LogP contribution in [0.4, 0.5) is 0 Å². The second-order valence-corrected chi connectivity index (χ2v) is 4.13. The van der Waals surface area contributed by atoms with Gasteiger partial charge in [-0.1, -0.05) is 0 Å². The highest BCUT2D eigenvalue weighted by molar-refractivity contribution is 7.09. The normalized spacial score (nSPS) is 12.4. The van der Waals surface area contributed by atoms with Crippen molar-refractivity contribution in [3.05, 3.63) is 16.6 Å². The first kappa shape index (κ1) is 11.5. The fourth-order valence-corrected chi connectivity index (χ4v) is 1.96. The topological polar surface area (TPSA) is 39.2 Å². The molecule has 1 heterocycles. The number of esters is 1. The van der Waals surface area contributed by atoms with Crippen molar-refractivity contribution in [3.63, 3.8) is 0 Å². The number of aromatic nitrogens is 1. The Bertz CT molecular complexity index is 276. The number of nitrogens with zero attached hydrogens (tertiary/aromatic N) is 1. The van der Waals surface area contributed by atoms with Gasteiger partial charge in [0.05, 0.1) is 12.0 Å². The van der Waals surface area contributed by atoms with Gasteiger partial charge in [0.2, 0.25) is 0 Å². The summed E-state index contributed by atoms with van der Waals surface area (Å²) in [6, 6.07) is 0. The lowest BCUT2D eigenvalue weighted by molar-refractivity contribution is -0.143. The molecule has 0 radical (unpaired) electrons. The van der Waals surface area contributed by atoms with E-state index in [1.807, 2.05) is 5.38 Å². The number of carbonyl (C=O) groups excluding carboxylic acids is 1. The van der Waals surface area contributed by atoms with E-state index in [2.05, 4.69) is 4.98 Å². The fraction of sp³-hybridized carbons (Fsp3) is 0.556. The maximum Gasteiger partial charge on any atom is 0.305 e. The Morgan fingerprint density at radius 2 is 2.57 bits per heavy atom. The zero-order valence-corrected chi connectivity index (χ0v) is 9.48. The molecule has 1 unspecified atom stereocenters. The summed E-state index contributed by atoms with van der Waals surface area (Å²) in [7, 11) is 0. The molecule has 1 atom stereocenters. The Labute approximate surface area is 92.1 Å². The third kappa shape index (κ3) is 3.64. The van der Waals surface area contributed by atoms with Crippen molar-refractivity contribution in [2.75, 3.05) is 6.61 Å². The highest BCUT2D eigenvalue weighted by Crippen LogP contribution is 2.26. The molecule has 0 saturated heterocycles. The summed E-state index contributed by atoms with van der Waals surface area (Å²) in [5.74, 6) is -0.199. The average Bonchev–Trinajstić information content (AvgIpc) is 2.67. The van der Waals surface area contributed by atoms with Crippen LogP contribution in [-0.4, -0.2) is 17.6 Å². The molecule has 0 saturated carbocycles. The molecule has 0 N–H and O–H groups in total. The van der Waals surface area contributed by atoms with Crippen LogP contribution in [0, 0.1) is 0 Å². The molecule has 1 aromatic heterocycles. The van der Waals surface area contributed by atoms with Gasteiger partial charge in [-0.05, 0) is 13.3 Å². The summed E-state index contributed by atoms with van der Waals surface area (Å²) in [5.41, 5.74) is 0. The minimum atomic E-state index is -0.199. The molecule has 5 heteroatoms. The van der Waals surface area contributed by atoms with Gasteiger partial charge in [-0.3, -0.25) is 4.79 Å². The molecular weight excluding hydrogens is 222 g/mol. The van der Waals surface area contributed by atoms with E-state index < -0.39 is 0 Å². The highest BCUT2D eigenvalue weighted by Gasteiger charge is 2.12. The minimum Gasteiger partial charge on any atom is -0.466 e. The van der Waals surface area contributed by atoms with E-state index >= 15 is 0 Å². The van der Waals surface area contributed by atoms with Gasteiger partial charge in [0.15, 0.2) is 0 Å². The van der Waals surface area contributed by atoms with Gasteiger partial charge in [-0.25, -0.2) is 4.98 Å². The van der Waals surface area contributed by atoms with E-state index in [9.17, 15) is 4.79 Å². The van der Waals surface area contributed by atoms with Crippen LogP contribution in [0.2, 0.25) is 0 Å². The molecule has 1 rings (SSSR count). The Hall–Kier alpha value is -0.610. The van der Waals surface area contributed by atoms with Gasteiger partial charge in [-0.15, -0.1) is 22.9 Å². The summed E-state index contributed by atoms with van der Waals surface area (Å²) in [6.07, 6.45) is 2.63. The zero-order chi connectivity index (χ0) is 10.4. The quantitative estimate of drug-likeness (QED) is 0.580. The van der Waals surface area contributed by atoms with Gasteiger partial charge < -0.3 is 4.74 Å². The first-order valence-corrected chi connectivity index (χ1v) is 5.74. The maximum absolute atomic E-state index is 11.0. The Kier molecular flexibility index (Phi) is 4.90. The minimum absolute atomic E-state index is 0.181. The van der Waals surface area contributed by atoms with E-state index in [0.29, 0.717) is 19.4 Å². The molecule has 3 nitrogen and oxygen atoms in total. The van der Waals surface area contributed by atoms with Crippen molar-refractivity contribution >= 4 is 28.9 Å². The van der Waals surface area contributed by atoms with Crippen LogP contribution >= 0.6 is 22.9 Å².